The number of carbonyl (C=O) groups is 2. The maximum atomic E-state index is 13.1. The van der Waals surface area contributed by atoms with Crippen molar-refractivity contribution in [3.63, 3.8) is 0 Å². The molecule has 1 aromatic heterocycles. The molecule has 0 aliphatic carbocycles. The van der Waals surface area contributed by atoms with Crippen LogP contribution < -0.4 is 11.1 Å². The van der Waals surface area contributed by atoms with Crippen molar-refractivity contribution in [2.75, 3.05) is 19.6 Å². The van der Waals surface area contributed by atoms with E-state index in [4.69, 9.17) is 10.5 Å². The van der Waals surface area contributed by atoms with Gasteiger partial charge in [-0.3, -0.25) is 4.79 Å². The van der Waals surface area contributed by atoms with Gasteiger partial charge in [-0.05, 0) is 52.2 Å². The second kappa shape index (κ2) is 12.4. The van der Waals surface area contributed by atoms with E-state index in [1.165, 1.54) is 11.3 Å². The number of fused-ring (bicyclic) bond motifs is 1. The number of carbonyl (C=O) groups excluding carboxylic acids is 2. The molecule has 0 atom stereocenters. The van der Waals surface area contributed by atoms with Crippen LogP contribution in [-0.4, -0.2) is 48.0 Å². The third-order valence-electron chi connectivity index (χ3n) is 4.59. The minimum absolute atomic E-state index is 0.0308. The summed E-state index contributed by atoms with van der Waals surface area (Å²) in [6, 6.07) is 1.92. The Morgan fingerprint density at radius 2 is 1.97 bits per heavy atom. The summed E-state index contributed by atoms with van der Waals surface area (Å²) < 4.78 is 5.21. The zero-order valence-corrected chi connectivity index (χ0v) is 21.2. The fourth-order valence-electron chi connectivity index (χ4n) is 3.27. The van der Waals surface area contributed by atoms with Gasteiger partial charge < -0.3 is 20.7 Å². The van der Waals surface area contributed by atoms with Crippen LogP contribution in [0.4, 0.5) is 10.5 Å². The minimum Gasteiger partial charge on any atom is -0.444 e. The van der Waals surface area contributed by atoms with Gasteiger partial charge in [0.15, 0.2) is 0 Å². The second-order valence-electron chi connectivity index (χ2n) is 8.94. The second-order valence-corrected chi connectivity index (χ2v) is 10.0. The first-order valence-corrected chi connectivity index (χ1v) is 12.4. The zero-order chi connectivity index (χ0) is 24.4. The SMILES string of the molecule is CCCN(CCC)C(=O)C1=Cc2sc(C#CCCCNC(=O)OC(C)(C)C)cc2N=C(N)C1. The number of hydrogen-bond acceptors (Lipinski definition) is 6. The van der Waals surface area contributed by atoms with Crippen LogP contribution in [0, 0.1) is 11.8 Å². The van der Waals surface area contributed by atoms with E-state index >= 15 is 0 Å². The van der Waals surface area contributed by atoms with Crippen molar-refractivity contribution >= 4 is 40.9 Å². The van der Waals surface area contributed by atoms with Crippen molar-refractivity contribution in [3.05, 3.63) is 21.4 Å². The highest BCUT2D eigenvalue weighted by atomic mass is 32.1. The van der Waals surface area contributed by atoms with E-state index in [-0.39, 0.29) is 5.91 Å². The Hall–Kier alpha value is -2.79. The third-order valence-corrected chi connectivity index (χ3v) is 5.58. The molecule has 2 rings (SSSR count). The van der Waals surface area contributed by atoms with Crippen molar-refractivity contribution in [2.45, 2.75) is 72.3 Å². The fourth-order valence-corrected chi connectivity index (χ4v) is 4.21. The van der Waals surface area contributed by atoms with Gasteiger partial charge in [0.1, 0.15) is 11.4 Å². The highest BCUT2D eigenvalue weighted by molar-refractivity contribution is 7.14. The Morgan fingerprint density at radius 1 is 1.27 bits per heavy atom. The number of ether oxygens (including phenoxy) is 1. The Balaban J connectivity index is 2.01. The standard InChI is InChI=1S/C25H36N4O3S/c1-6-13-29(14-7-2)23(30)18-15-21-20(28-22(26)16-18)17-19(33-21)11-9-8-10-12-27-24(31)32-25(3,4)5/h15,17H,6-8,10,12-14,16H2,1-5H3,(H2,26,28)(H,27,31). The first kappa shape index (κ1) is 26.5. The summed E-state index contributed by atoms with van der Waals surface area (Å²) in [6.45, 7) is 11.6. The van der Waals surface area contributed by atoms with E-state index in [2.05, 4.69) is 36.0 Å². The summed E-state index contributed by atoms with van der Waals surface area (Å²) in [5.74, 6) is 6.77. The van der Waals surface area contributed by atoms with E-state index in [1.54, 1.807) is 0 Å². The first-order valence-electron chi connectivity index (χ1n) is 11.5. The van der Waals surface area contributed by atoms with Gasteiger partial charge in [0.2, 0.25) is 5.91 Å². The molecule has 180 valence electrons. The van der Waals surface area contributed by atoms with Crippen LogP contribution in [0.15, 0.2) is 16.6 Å². The fraction of sp³-hybridized carbons (Fsp3) is 0.560. The summed E-state index contributed by atoms with van der Waals surface area (Å²) in [7, 11) is 0. The summed E-state index contributed by atoms with van der Waals surface area (Å²) in [5.41, 5.74) is 7.04. The lowest BCUT2D eigenvalue weighted by atomic mass is 10.1. The highest BCUT2D eigenvalue weighted by Gasteiger charge is 2.22. The van der Waals surface area contributed by atoms with Gasteiger partial charge in [0.25, 0.3) is 0 Å². The largest absolute Gasteiger partial charge is 0.444 e. The Kier molecular flexibility index (Phi) is 9.98. The summed E-state index contributed by atoms with van der Waals surface area (Å²) in [4.78, 5) is 32.9. The van der Waals surface area contributed by atoms with Crippen molar-refractivity contribution in [3.8, 4) is 11.8 Å². The van der Waals surface area contributed by atoms with E-state index in [9.17, 15) is 9.59 Å². The number of nitrogens with one attached hydrogen (secondary N) is 1. The van der Waals surface area contributed by atoms with Gasteiger partial charge in [0.05, 0.1) is 15.4 Å². The molecule has 33 heavy (non-hydrogen) atoms. The summed E-state index contributed by atoms with van der Waals surface area (Å²) in [6.07, 6.45) is 5.06. The molecular weight excluding hydrogens is 436 g/mol. The molecule has 1 aliphatic rings. The molecule has 0 fully saturated rings. The monoisotopic (exact) mass is 472 g/mol. The predicted molar refractivity (Wildman–Crippen MR) is 136 cm³/mol. The summed E-state index contributed by atoms with van der Waals surface area (Å²) >= 11 is 1.51. The molecule has 2 heterocycles. The van der Waals surface area contributed by atoms with Gasteiger partial charge >= 0.3 is 6.09 Å². The van der Waals surface area contributed by atoms with Crippen molar-refractivity contribution in [1.29, 1.82) is 0 Å². The molecule has 0 aromatic carbocycles. The molecule has 3 N–H and O–H groups in total. The molecule has 8 heteroatoms. The van der Waals surface area contributed by atoms with Gasteiger partial charge in [-0.2, -0.15) is 0 Å². The van der Waals surface area contributed by atoms with E-state index in [1.807, 2.05) is 37.8 Å². The van der Waals surface area contributed by atoms with Crippen LogP contribution in [0.5, 0.6) is 0 Å². The molecule has 1 aromatic rings. The first-order chi connectivity index (χ1) is 15.6. The minimum atomic E-state index is -0.504. The maximum Gasteiger partial charge on any atom is 0.407 e. The number of hydrogen-bond donors (Lipinski definition) is 2. The lowest BCUT2D eigenvalue weighted by Gasteiger charge is -2.22. The molecule has 2 amide bonds. The molecule has 0 saturated heterocycles. The highest BCUT2D eigenvalue weighted by Crippen LogP contribution is 2.34. The number of unbranched alkanes of at least 4 members (excludes halogenated alkanes) is 1. The average molecular weight is 473 g/mol. The number of alkyl carbamates (subject to hydrolysis) is 1. The molecule has 7 nitrogen and oxygen atoms in total. The smallest absolute Gasteiger partial charge is 0.407 e. The van der Waals surface area contributed by atoms with Crippen molar-refractivity contribution in [1.82, 2.24) is 10.2 Å². The van der Waals surface area contributed by atoms with Crippen molar-refractivity contribution in [2.24, 2.45) is 10.7 Å². The van der Waals surface area contributed by atoms with Gasteiger partial charge in [-0.15, -0.1) is 11.3 Å². The van der Waals surface area contributed by atoms with Gasteiger partial charge in [-0.25, -0.2) is 9.79 Å². The molecule has 0 spiro atoms. The van der Waals surface area contributed by atoms with E-state index in [0.717, 1.165) is 47.8 Å². The number of amidine groups is 1. The molecule has 0 bridgehead atoms. The van der Waals surface area contributed by atoms with Gasteiger partial charge in [-0.1, -0.05) is 25.7 Å². The van der Waals surface area contributed by atoms with Crippen LogP contribution in [0.2, 0.25) is 0 Å². The topological polar surface area (TPSA) is 97.0 Å². The number of amides is 2. The average Bonchev–Trinajstić information content (AvgIpc) is 3.01. The quantitative estimate of drug-likeness (QED) is 0.418. The Bertz CT molecular complexity index is 955. The lowest BCUT2D eigenvalue weighted by Crippen LogP contribution is -2.34. The molecule has 1 aliphatic heterocycles. The number of aliphatic imine (C=N–C) groups is 1. The van der Waals surface area contributed by atoms with Crippen LogP contribution >= 0.6 is 11.3 Å². The summed E-state index contributed by atoms with van der Waals surface area (Å²) in [5, 5.41) is 2.73. The van der Waals surface area contributed by atoms with Crippen LogP contribution in [0.25, 0.3) is 6.08 Å². The normalized spacial score (nSPS) is 13.0. The van der Waals surface area contributed by atoms with E-state index in [0.29, 0.717) is 30.8 Å². The van der Waals surface area contributed by atoms with Gasteiger partial charge in [0, 0.05) is 38.0 Å². The maximum absolute atomic E-state index is 13.1. The molecule has 0 radical (unpaired) electrons. The van der Waals surface area contributed by atoms with Crippen LogP contribution in [0.1, 0.15) is 76.5 Å². The predicted octanol–water partition coefficient (Wildman–Crippen LogP) is 4.83. The number of nitrogens with zero attached hydrogens (tertiary/aromatic N) is 2. The van der Waals surface area contributed by atoms with Crippen molar-refractivity contribution < 1.29 is 14.3 Å². The number of nitrogens with two attached hydrogens (primary N) is 1. The van der Waals surface area contributed by atoms with Crippen LogP contribution in [-0.2, 0) is 9.53 Å². The Morgan fingerprint density at radius 3 is 2.61 bits per heavy atom. The van der Waals surface area contributed by atoms with E-state index < -0.39 is 11.7 Å². The third kappa shape index (κ3) is 8.93. The molecular formula is C25H36N4O3S. The molecule has 0 saturated carbocycles. The molecule has 0 unspecified atom stereocenters. The lowest BCUT2D eigenvalue weighted by molar-refractivity contribution is -0.127. The number of rotatable bonds is 8. The zero-order valence-electron chi connectivity index (χ0n) is 20.4. The number of thiophene rings is 1. The Labute approximate surface area is 201 Å². The van der Waals surface area contributed by atoms with Crippen LogP contribution in [0.3, 0.4) is 0 Å².